The Morgan fingerprint density at radius 3 is 2.55 bits per heavy atom. The number of hydrazone groups is 1. The largest absolute Gasteiger partial charge is 0.481 e. The minimum Gasteiger partial charge on any atom is -0.481 e. The van der Waals surface area contributed by atoms with E-state index in [2.05, 4.69) is 58.3 Å². The van der Waals surface area contributed by atoms with Gasteiger partial charge >= 0.3 is 0 Å². The number of ether oxygens (including phenoxy) is 2. The second-order valence-corrected chi connectivity index (χ2v) is 9.01. The number of benzene rings is 2. The molecule has 0 spiro atoms. The molecule has 0 radical (unpaired) electrons. The van der Waals surface area contributed by atoms with Gasteiger partial charge in [-0.15, -0.1) is 0 Å². The Labute approximate surface area is 203 Å². The minimum atomic E-state index is -0.475. The van der Waals surface area contributed by atoms with Crippen molar-refractivity contribution in [2.45, 2.75) is 0 Å². The Hall–Kier alpha value is -2.02. The summed E-state index contributed by atoms with van der Waals surface area (Å²) in [6, 6.07) is 8.40. The highest BCUT2D eigenvalue weighted by Crippen LogP contribution is 2.36. The predicted molar refractivity (Wildman–Crippen MR) is 127 cm³/mol. The van der Waals surface area contributed by atoms with Gasteiger partial charge in [0.25, 0.3) is 11.6 Å². The quantitative estimate of drug-likeness (QED) is 0.282. The van der Waals surface area contributed by atoms with Gasteiger partial charge in [0.1, 0.15) is 11.4 Å². The predicted octanol–water partition coefficient (Wildman–Crippen LogP) is 4.25. The van der Waals surface area contributed by atoms with Gasteiger partial charge in [-0.3, -0.25) is 14.9 Å². The summed E-state index contributed by atoms with van der Waals surface area (Å²) in [5, 5.41) is 15.4. The summed E-state index contributed by atoms with van der Waals surface area (Å²) in [4.78, 5) is 25.0. The first-order valence-corrected chi connectivity index (χ1v) is 11.4. The third kappa shape index (κ3) is 6.48. The summed E-state index contributed by atoms with van der Waals surface area (Å²) < 4.78 is 13.0. The number of nitro groups is 1. The Kier molecular flexibility index (Phi) is 8.41. The van der Waals surface area contributed by atoms with Crippen molar-refractivity contribution in [2.24, 2.45) is 5.10 Å². The zero-order chi connectivity index (χ0) is 22.4. The molecule has 0 aliphatic carbocycles. The standard InChI is InChI=1S/C19H17Br3N4O5/c20-13-8-14(21)19(15(22)9-13)31-11-18(27)24-23-10-12-1-2-16(17(7-12)26(28)29)25-3-5-30-6-4-25/h1-2,7-10H,3-6,11H2,(H,24,27)/b23-10-. The van der Waals surface area contributed by atoms with Gasteiger partial charge in [0.05, 0.1) is 33.3 Å². The number of morpholine rings is 1. The van der Waals surface area contributed by atoms with Gasteiger partial charge in [-0.25, -0.2) is 5.43 Å². The fourth-order valence-corrected chi connectivity index (χ4v) is 5.34. The Morgan fingerprint density at radius 2 is 1.90 bits per heavy atom. The van der Waals surface area contributed by atoms with Crippen LogP contribution >= 0.6 is 47.8 Å². The minimum absolute atomic E-state index is 0.0227. The van der Waals surface area contributed by atoms with Crippen LogP contribution in [-0.4, -0.2) is 50.0 Å². The number of carbonyl (C=O) groups is 1. The van der Waals surface area contributed by atoms with Gasteiger partial charge in [0.2, 0.25) is 0 Å². The van der Waals surface area contributed by atoms with E-state index in [-0.39, 0.29) is 12.3 Å². The fraction of sp³-hybridized carbons (Fsp3) is 0.263. The number of hydrogen-bond donors (Lipinski definition) is 1. The van der Waals surface area contributed by atoms with Gasteiger partial charge in [0, 0.05) is 29.2 Å². The molecule has 1 N–H and O–H groups in total. The molecule has 1 saturated heterocycles. The van der Waals surface area contributed by atoms with E-state index in [4.69, 9.17) is 9.47 Å². The average molecular weight is 621 g/mol. The lowest BCUT2D eigenvalue weighted by molar-refractivity contribution is -0.384. The number of halogens is 3. The van der Waals surface area contributed by atoms with Gasteiger partial charge in [-0.2, -0.15) is 5.10 Å². The van der Waals surface area contributed by atoms with Crippen molar-refractivity contribution in [3.8, 4) is 5.75 Å². The molecule has 164 valence electrons. The van der Waals surface area contributed by atoms with Crippen molar-refractivity contribution in [3.63, 3.8) is 0 Å². The van der Waals surface area contributed by atoms with Crippen molar-refractivity contribution in [3.05, 3.63) is 59.4 Å². The first-order valence-electron chi connectivity index (χ1n) is 9.05. The van der Waals surface area contributed by atoms with E-state index in [9.17, 15) is 14.9 Å². The van der Waals surface area contributed by atoms with Crippen LogP contribution in [-0.2, 0) is 9.53 Å². The monoisotopic (exact) mass is 618 g/mol. The molecule has 2 aromatic carbocycles. The molecule has 9 nitrogen and oxygen atoms in total. The first kappa shape index (κ1) is 23.6. The van der Waals surface area contributed by atoms with E-state index in [0.717, 1.165) is 4.47 Å². The maximum atomic E-state index is 12.0. The molecule has 0 aromatic heterocycles. The summed E-state index contributed by atoms with van der Waals surface area (Å²) >= 11 is 10.1. The molecular formula is C19H17Br3N4O5. The molecule has 2 aromatic rings. The molecule has 0 bridgehead atoms. The number of amides is 1. The number of nitrogens with zero attached hydrogens (tertiary/aromatic N) is 3. The molecule has 1 fully saturated rings. The van der Waals surface area contributed by atoms with E-state index in [1.807, 2.05) is 4.90 Å². The third-order valence-electron chi connectivity index (χ3n) is 4.26. The highest BCUT2D eigenvalue weighted by atomic mass is 79.9. The molecule has 0 saturated carbocycles. The van der Waals surface area contributed by atoms with Crippen LogP contribution in [0.1, 0.15) is 5.56 Å². The zero-order valence-corrected chi connectivity index (χ0v) is 20.8. The van der Waals surface area contributed by atoms with Crippen molar-refractivity contribution >= 4 is 71.3 Å². The average Bonchev–Trinajstić information content (AvgIpc) is 2.73. The highest BCUT2D eigenvalue weighted by Gasteiger charge is 2.21. The van der Waals surface area contributed by atoms with Crippen molar-refractivity contribution in [1.82, 2.24) is 5.43 Å². The smallest absolute Gasteiger partial charge is 0.293 e. The van der Waals surface area contributed by atoms with Gasteiger partial charge < -0.3 is 14.4 Å². The molecule has 12 heteroatoms. The molecule has 31 heavy (non-hydrogen) atoms. The molecular weight excluding hydrogens is 604 g/mol. The van der Waals surface area contributed by atoms with Crippen molar-refractivity contribution < 1.29 is 19.2 Å². The normalized spacial score (nSPS) is 14.0. The molecule has 1 amide bonds. The van der Waals surface area contributed by atoms with Crippen LogP contribution in [0.25, 0.3) is 0 Å². The van der Waals surface area contributed by atoms with Crippen LogP contribution in [0.5, 0.6) is 5.75 Å². The summed E-state index contributed by atoms with van der Waals surface area (Å²) in [5.74, 6) is 0.00839. The number of nitro benzene ring substituents is 1. The molecule has 3 rings (SSSR count). The summed E-state index contributed by atoms with van der Waals surface area (Å²) in [5.41, 5.74) is 3.35. The highest BCUT2D eigenvalue weighted by molar-refractivity contribution is 9.11. The Morgan fingerprint density at radius 1 is 1.23 bits per heavy atom. The lowest BCUT2D eigenvalue weighted by Crippen LogP contribution is -2.36. The van der Waals surface area contributed by atoms with E-state index in [0.29, 0.717) is 52.2 Å². The molecule has 1 aliphatic heterocycles. The summed E-state index contributed by atoms with van der Waals surface area (Å²) in [6.45, 7) is 1.99. The summed E-state index contributed by atoms with van der Waals surface area (Å²) in [7, 11) is 0. The number of rotatable bonds is 7. The molecule has 0 atom stereocenters. The fourth-order valence-electron chi connectivity index (χ4n) is 2.85. The van der Waals surface area contributed by atoms with Crippen LogP contribution < -0.4 is 15.1 Å². The van der Waals surface area contributed by atoms with Crippen LogP contribution in [0.3, 0.4) is 0 Å². The van der Waals surface area contributed by atoms with Gasteiger partial charge in [-0.1, -0.05) is 22.0 Å². The van der Waals surface area contributed by atoms with Gasteiger partial charge in [-0.05, 0) is 50.1 Å². The van der Waals surface area contributed by atoms with Crippen LogP contribution in [0, 0.1) is 10.1 Å². The number of hydrogen-bond acceptors (Lipinski definition) is 7. The maximum Gasteiger partial charge on any atom is 0.293 e. The lowest BCUT2D eigenvalue weighted by Gasteiger charge is -2.28. The van der Waals surface area contributed by atoms with E-state index >= 15 is 0 Å². The molecule has 1 aliphatic rings. The summed E-state index contributed by atoms with van der Waals surface area (Å²) in [6.07, 6.45) is 1.35. The maximum absolute atomic E-state index is 12.0. The van der Waals surface area contributed by atoms with E-state index in [1.165, 1.54) is 12.3 Å². The van der Waals surface area contributed by atoms with Crippen LogP contribution in [0.15, 0.2) is 48.9 Å². The van der Waals surface area contributed by atoms with Gasteiger partial charge in [0.15, 0.2) is 6.61 Å². The lowest BCUT2D eigenvalue weighted by atomic mass is 10.1. The van der Waals surface area contributed by atoms with Crippen molar-refractivity contribution in [2.75, 3.05) is 37.8 Å². The number of carbonyl (C=O) groups excluding carboxylic acids is 1. The number of anilines is 1. The van der Waals surface area contributed by atoms with Crippen molar-refractivity contribution in [1.29, 1.82) is 0 Å². The second kappa shape index (κ2) is 11.0. The SMILES string of the molecule is O=C(COc1c(Br)cc(Br)cc1Br)N/N=C\c1ccc(N2CCOCC2)c([N+](=O)[O-])c1. The topological polar surface area (TPSA) is 106 Å². The van der Waals surface area contributed by atoms with E-state index in [1.54, 1.807) is 24.3 Å². The second-order valence-electron chi connectivity index (χ2n) is 6.39. The Bertz CT molecular complexity index is 989. The molecule has 0 unspecified atom stereocenters. The zero-order valence-electron chi connectivity index (χ0n) is 16.0. The third-order valence-corrected chi connectivity index (χ3v) is 5.90. The number of nitrogens with one attached hydrogen (secondary N) is 1. The van der Waals surface area contributed by atoms with Crippen LogP contribution in [0.2, 0.25) is 0 Å². The molecule has 1 heterocycles. The van der Waals surface area contributed by atoms with Crippen LogP contribution in [0.4, 0.5) is 11.4 Å². The van der Waals surface area contributed by atoms with E-state index < -0.39 is 10.8 Å². The first-order chi connectivity index (χ1) is 14.8. The Balaban J connectivity index is 1.60.